The van der Waals surface area contributed by atoms with Crippen LogP contribution in [-0.2, 0) is 17.6 Å². The molecule has 1 fully saturated rings. The van der Waals surface area contributed by atoms with Crippen LogP contribution in [0.2, 0.25) is 0 Å². The SMILES string of the molecule is O=C1CCCc2cc(CCN3CCN(c4nsc5c(F)cccc45)CC3)ccc2N1. The number of amides is 1. The number of aryl methyl sites for hydroxylation is 1. The summed E-state index contributed by atoms with van der Waals surface area (Å²) in [5.74, 6) is 0.854. The Morgan fingerprint density at radius 2 is 1.97 bits per heavy atom. The van der Waals surface area contributed by atoms with Gasteiger partial charge in [0.25, 0.3) is 0 Å². The number of hydrogen-bond donors (Lipinski definition) is 1. The number of carbonyl (C=O) groups excluding carboxylic acids is 1. The summed E-state index contributed by atoms with van der Waals surface area (Å²) in [4.78, 5) is 16.5. The molecule has 1 aromatic heterocycles. The van der Waals surface area contributed by atoms with Crippen LogP contribution in [-0.4, -0.2) is 47.9 Å². The summed E-state index contributed by atoms with van der Waals surface area (Å²) < 4.78 is 19.1. The van der Waals surface area contributed by atoms with E-state index < -0.39 is 0 Å². The number of halogens is 1. The Bertz CT molecular complexity index is 1070. The second-order valence-electron chi connectivity index (χ2n) is 8.09. The molecule has 0 radical (unpaired) electrons. The number of nitrogens with zero attached hydrogens (tertiary/aromatic N) is 3. The average molecular weight is 425 g/mol. The maximum Gasteiger partial charge on any atom is 0.224 e. The third kappa shape index (κ3) is 3.91. The fraction of sp³-hybridized carbons (Fsp3) is 0.391. The predicted molar refractivity (Wildman–Crippen MR) is 120 cm³/mol. The van der Waals surface area contributed by atoms with Gasteiger partial charge in [-0.3, -0.25) is 9.69 Å². The van der Waals surface area contributed by atoms with Crippen LogP contribution in [0.5, 0.6) is 0 Å². The molecule has 2 aromatic carbocycles. The van der Waals surface area contributed by atoms with Crippen molar-refractivity contribution >= 4 is 39.0 Å². The summed E-state index contributed by atoms with van der Waals surface area (Å²) in [5, 5.41) is 3.93. The zero-order valence-corrected chi connectivity index (χ0v) is 17.7. The number of hydrogen-bond acceptors (Lipinski definition) is 5. The largest absolute Gasteiger partial charge is 0.353 e. The van der Waals surface area contributed by atoms with Gasteiger partial charge >= 0.3 is 0 Å². The summed E-state index contributed by atoms with van der Waals surface area (Å²) in [6, 6.07) is 11.7. The molecule has 0 aliphatic carbocycles. The smallest absolute Gasteiger partial charge is 0.224 e. The Morgan fingerprint density at radius 3 is 2.83 bits per heavy atom. The third-order valence-electron chi connectivity index (χ3n) is 6.11. The molecule has 2 aliphatic heterocycles. The van der Waals surface area contributed by atoms with Gasteiger partial charge in [-0.25, -0.2) is 4.39 Å². The minimum Gasteiger partial charge on any atom is -0.353 e. The van der Waals surface area contributed by atoms with Crippen molar-refractivity contribution in [2.24, 2.45) is 0 Å². The molecular weight excluding hydrogens is 399 g/mol. The number of aromatic nitrogens is 1. The number of anilines is 2. The van der Waals surface area contributed by atoms with Crippen LogP contribution in [0.25, 0.3) is 10.1 Å². The van der Waals surface area contributed by atoms with Crippen molar-refractivity contribution in [3.05, 3.63) is 53.3 Å². The van der Waals surface area contributed by atoms with E-state index in [4.69, 9.17) is 0 Å². The maximum absolute atomic E-state index is 14.0. The standard InChI is InChI=1S/C23H25FN4OS/c24-19-5-2-4-18-22(19)30-26-23(18)28-13-11-27(12-14-28)10-9-16-7-8-20-17(15-16)3-1-6-21(29)25-20/h2,4-5,7-8,15H,1,3,6,9-14H2,(H,25,29). The zero-order chi connectivity index (χ0) is 20.5. The first-order valence-corrected chi connectivity index (χ1v) is 11.4. The Morgan fingerprint density at radius 1 is 1.10 bits per heavy atom. The molecule has 1 amide bonds. The van der Waals surface area contributed by atoms with Crippen molar-refractivity contribution in [1.29, 1.82) is 0 Å². The molecule has 0 unspecified atom stereocenters. The fourth-order valence-electron chi connectivity index (χ4n) is 4.40. The Kier molecular flexibility index (Phi) is 5.39. The average Bonchev–Trinajstić information content (AvgIpc) is 3.10. The van der Waals surface area contributed by atoms with Gasteiger partial charge in [0.1, 0.15) is 11.6 Å². The minimum absolute atomic E-state index is 0.120. The summed E-state index contributed by atoms with van der Waals surface area (Å²) >= 11 is 1.25. The predicted octanol–water partition coefficient (Wildman–Crippen LogP) is 4.07. The molecule has 0 spiro atoms. The van der Waals surface area contributed by atoms with E-state index in [1.165, 1.54) is 28.7 Å². The molecule has 1 N–H and O–H groups in total. The molecule has 0 saturated carbocycles. The van der Waals surface area contributed by atoms with E-state index in [2.05, 4.69) is 37.7 Å². The summed E-state index contributed by atoms with van der Waals surface area (Å²) in [6.45, 7) is 4.80. The second-order valence-corrected chi connectivity index (χ2v) is 8.87. The van der Waals surface area contributed by atoms with Crippen molar-refractivity contribution in [2.75, 3.05) is 42.9 Å². The van der Waals surface area contributed by atoms with E-state index in [1.807, 2.05) is 6.07 Å². The quantitative estimate of drug-likeness (QED) is 0.686. The monoisotopic (exact) mass is 424 g/mol. The number of fused-ring (bicyclic) bond motifs is 2. The Balaban J connectivity index is 1.18. The van der Waals surface area contributed by atoms with E-state index in [-0.39, 0.29) is 11.7 Å². The van der Waals surface area contributed by atoms with E-state index >= 15 is 0 Å². The number of piperazine rings is 1. The van der Waals surface area contributed by atoms with E-state index in [1.54, 1.807) is 6.07 Å². The lowest BCUT2D eigenvalue weighted by Gasteiger charge is -2.35. The van der Waals surface area contributed by atoms with Gasteiger partial charge < -0.3 is 10.2 Å². The van der Waals surface area contributed by atoms with Gasteiger partial charge in [0.15, 0.2) is 0 Å². The van der Waals surface area contributed by atoms with Crippen LogP contribution in [0.4, 0.5) is 15.9 Å². The fourth-order valence-corrected chi connectivity index (χ4v) is 5.20. The number of nitrogens with one attached hydrogen (secondary N) is 1. The van der Waals surface area contributed by atoms with Crippen LogP contribution >= 0.6 is 11.5 Å². The summed E-state index contributed by atoms with van der Waals surface area (Å²) in [6.07, 6.45) is 3.49. The number of benzene rings is 2. The molecule has 30 heavy (non-hydrogen) atoms. The molecule has 7 heteroatoms. The molecule has 5 nitrogen and oxygen atoms in total. The first kappa shape index (κ1) is 19.5. The van der Waals surface area contributed by atoms with Crippen molar-refractivity contribution in [3.8, 4) is 0 Å². The lowest BCUT2D eigenvalue weighted by Crippen LogP contribution is -2.47. The highest BCUT2D eigenvalue weighted by atomic mass is 32.1. The van der Waals surface area contributed by atoms with Crippen LogP contribution in [0.15, 0.2) is 36.4 Å². The molecular formula is C23H25FN4OS. The van der Waals surface area contributed by atoms with Crippen molar-refractivity contribution < 1.29 is 9.18 Å². The summed E-state index contributed by atoms with van der Waals surface area (Å²) in [5.41, 5.74) is 3.56. The molecule has 3 heterocycles. The lowest BCUT2D eigenvalue weighted by molar-refractivity contribution is -0.116. The topological polar surface area (TPSA) is 48.5 Å². The molecule has 0 atom stereocenters. The van der Waals surface area contributed by atoms with Gasteiger partial charge in [0.2, 0.25) is 5.91 Å². The van der Waals surface area contributed by atoms with E-state index in [0.717, 1.165) is 68.9 Å². The molecule has 1 saturated heterocycles. The number of rotatable bonds is 4. The Labute approximate surface area is 179 Å². The van der Waals surface area contributed by atoms with E-state index in [9.17, 15) is 9.18 Å². The molecule has 5 rings (SSSR count). The number of carbonyl (C=O) groups is 1. The Hall–Kier alpha value is -2.51. The van der Waals surface area contributed by atoms with Crippen LogP contribution in [0.1, 0.15) is 24.0 Å². The van der Waals surface area contributed by atoms with Gasteiger partial charge in [-0.1, -0.05) is 18.2 Å². The first-order valence-electron chi connectivity index (χ1n) is 10.6. The third-order valence-corrected chi connectivity index (χ3v) is 6.98. The minimum atomic E-state index is -0.185. The first-order chi connectivity index (χ1) is 14.7. The van der Waals surface area contributed by atoms with Crippen LogP contribution in [0.3, 0.4) is 0 Å². The van der Waals surface area contributed by atoms with Crippen LogP contribution < -0.4 is 10.2 Å². The van der Waals surface area contributed by atoms with Gasteiger partial charge in [-0.15, -0.1) is 0 Å². The second kappa shape index (κ2) is 8.32. The summed E-state index contributed by atoms with van der Waals surface area (Å²) in [7, 11) is 0. The van der Waals surface area contributed by atoms with Crippen molar-refractivity contribution in [3.63, 3.8) is 0 Å². The zero-order valence-electron chi connectivity index (χ0n) is 16.9. The van der Waals surface area contributed by atoms with Crippen LogP contribution in [0, 0.1) is 5.82 Å². The lowest BCUT2D eigenvalue weighted by atomic mass is 10.0. The van der Waals surface area contributed by atoms with Gasteiger partial charge in [-0.2, -0.15) is 4.37 Å². The highest BCUT2D eigenvalue weighted by Gasteiger charge is 2.21. The molecule has 3 aromatic rings. The maximum atomic E-state index is 14.0. The molecule has 156 valence electrons. The van der Waals surface area contributed by atoms with Gasteiger partial charge in [-0.05, 0) is 60.1 Å². The van der Waals surface area contributed by atoms with E-state index in [0.29, 0.717) is 11.1 Å². The van der Waals surface area contributed by atoms with Crippen molar-refractivity contribution in [1.82, 2.24) is 9.27 Å². The van der Waals surface area contributed by atoms with Gasteiger partial charge in [0.05, 0.1) is 4.70 Å². The normalized spacial score (nSPS) is 17.6. The molecule has 0 bridgehead atoms. The highest BCUT2D eigenvalue weighted by molar-refractivity contribution is 7.13. The van der Waals surface area contributed by atoms with Gasteiger partial charge in [0, 0.05) is 50.2 Å². The highest BCUT2D eigenvalue weighted by Crippen LogP contribution is 2.32. The van der Waals surface area contributed by atoms with Crippen molar-refractivity contribution in [2.45, 2.75) is 25.7 Å². The molecule has 2 aliphatic rings.